The monoisotopic (exact) mass is 303 g/mol. The topological polar surface area (TPSA) is 74.7 Å². The molecule has 1 heterocycles. The van der Waals surface area contributed by atoms with Crippen molar-refractivity contribution in [3.05, 3.63) is 29.7 Å². The summed E-state index contributed by atoms with van der Waals surface area (Å²) in [4.78, 5) is 11.1. The van der Waals surface area contributed by atoms with Crippen molar-refractivity contribution >= 4 is 27.3 Å². The highest BCUT2D eigenvalue weighted by atomic mass is 32.2. The van der Waals surface area contributed by atoms with E-state index in [1.54, 1.807) is 12.1 Å². The molecule has 1 aromatic rings. The number of nitrogens with zero attached hydrogens (tertiary/aromatic N) is 1. The van der Waals surface area contributed by atoms with Crippen LogP contribution in [0, 0.1) is 0 Å². The van der Waals surface area contributed by atoms with E-state index in [0.717, 1.165) is 11.3 Å². The van der Waals surface area contributed by atoms with Gasteiger partial charge in [-0.05, 0) is 18.6 Å². The predicted molar refractivity (Wildman–Crippen MR) is 74.9 cm³/mol. The maximum Gasteiger partial charge on any atom is 0.308 e. The minimum Gasteiger partial charge on any atom is -0.481 e. The van der Waals surface area contributed by atoms with E-state index >= 15 is 0 Å². The van der Waals surface area contributed by atoms with Gasteiger partial charge in [0.15, 0.2) is 0 Å². The first-order valence-corrected chi connectivity index (χ1v) is 8.09. The minimum atomic E-state index is -3.55. The lowest BCUT2D eigenvalue weighted by atomic mass is 10.3. The molecule has 0 saturated carbocycles. The van der Waals surface area contributed by atoms with Crippen LogP contribution in [0.3, 0.4) is 0 Å². The van der Waals surface area contributed by atoms with Gasteiger partial charge in [-0.3, -0.25) is 4.79 Å². The van der Waals surface area contributed by atoms with Crippen molar-refractivity contribution in [1.82, 2.24) is 4.31 Å². The Bertz CT molecular complexity index is 548. The van der Waals surface area contributed by atoms with Crippen LogP contribution in [0.1, 0.15) is 18.2 Å². The number of carbonyl (C=O) groups is 1. The van der Waals surface area contributed by atoms with Crippen LogP contribution >= 0.6 is 11.3 Å². The second-order valence-corrected chi connectivity index (χ2v) is 7.28. The molecular weight excluding hydrogens is 286 g/mol. The van der Waals surface area contributed by atoms with Crippen LogP contribution in [-0.4, -0.2) is 36.9 Å². The number of hydrogen-bond donors (Lipinski definition) is 1. The quantitative estimate of drug-likeness (QED) is 0.745. The first kappa shape index (κ1) is 15.9. The number of carboxylic acids is 1. The van der Waals surface area contributed by atoms with Gasteiger partial charge in [0.1, 0.15) is 4.21 Å². The van der Waals surface area contributed by atoms with E-state index in [1.807, 2.05) is 6.92 Å². The summed E-state index contributed by atoms with van der Waals surface area (Å²) in [5, 5.41) is 8.69. The Morgan fingerprint density at radius 3 is 2.74 bits per heavy atom. The summed E-state index contributed by atoms with van der Waals surface area (Å²) in [6.45, 7) is 6.12. The van der Waals surface area contributed by atoms with Crippen LogP contribution in [0.25, 0.3) is 0 Å². The number of aliphatic carboxylic acids is 1. The average molecular weight is 303 g/mol. The number of carboxylic acid groups (broad SMARTS) is 1. The van der Waals surface area contributed by atoms with Crippen LogP contribution in [0.15, 0.2) is 29.0 Å². The fourth-order valence-corrected chi connectivity index (χ4v) is 4.58. The molecule has 0 saturated heterocycles. The molecule has 0 aromatic carbocycles. The molecule has 7 heteroatoms. The highest BCUT2D eigenvalue weighted by Gasteiger charge is 2.24. The van der Waals surface area contributed by atoms with E-state index < -0.39 is 16.0 Å². The van der Waals surface area contributed by atoms with E-state index in [9.17, 15) is 13.2 Å². The van der Waals surface area contributed by atoms with Gasteiger partial charge in [-0.1, -0.05) is 13.0 Å². The molecular formula is C12H17NO4S2. The normalized spacial score (nSPS) is 11.7. The third-order valence-corrected chi connectivity index (χ3v) is 5.78. The molecule has 0 aliphatic carbocycles. The van der Waals surface area contributed by atoms with Gasteiger partial charge >= 0.3 is 5.97 Å². The Hall–Kier alpha value is -1.18. The molecule has 0 aliphatic rings. The summed E-state index contributed by atoms with van der Waals surface area (Å²) < 4.78 is 26.2. The van der Waals surface area contributed by atoms with E-state index in [0.29, 0.717) is 17.8 Å². The van der Waals surface area contributed by atoms with E-state index in [1.165, 1.54) is 10.4 Å². The summed E-state index contributed by atoms with van der Waals surface area (Å²) in [6.07, 6.45) is 2.09. The molecule has 0 unspecified atom stereocenters. The maximum absolute atomic E-state index is 12.4. The number of thiophene rings is 1. The SMILES string of the molecule is C=CCN(CCC)S(=O)(=O)c1ccc(CC(=O)O)s1. The summed E-state index contributed by atoms with van der Waals surface area (Å²) >= 11 is 1.00. The fraction of sp³-hybridized carbons (Fsp3) is 0.417. The highest BCUT2D eigenvalue weighted by molar-refractivity contribution is 7.91. The summed E-state index contributed by atoms with van der Waals surface area (Å²) in [7, 11) is -3.55. The van der Waals surface area contributed by atoms with Crippen molar-refractivity contribution in [2.45, 2.75) is 24.0 Å². The highest BCUT2D eigenvalue weighted by Crippen LogP contribution is 2.25. The van der Waals surface area contributed by atoms with Crippen molar-refractivity contribution in [3.63, 3.8) is 0 Å². The standard InChI is InChI=1S/C12H17NO4S2/c1-3-7-13(8-4-2)19(16,17)12-6-5-10(18-12)9-11(14)15/h3,5-6H,1,4,7-9H2,2H3,(H,14,15). The van der Waals surface area contributed by atoms with Gasteiger partial charge in [0, 0.05) is 18.0 Å². The molecule has 19 heavy (non-hydrogen) atoms. The number of rotatable bonds is 8. The molecule has 1 rings (SSSR count). The average Bonchev–Trinajstić information content (AvgIpc) is 2.77. The van der Waals surface area contributed by atoms with Crippen LogP contribution in [0.5, 0.6) is 0 Å². The van der Waals surface area contributed by atoms with Crippen LogP contribution in [0.2, 0.25) is 0 Å². The lowest BCUT2D eigenvalue weighted by Gasteiger charge is -2.18. The van der Waals surface area contributed by atoms with Gasteiger partial charge in [0.25, 0.3) is 10.0 Å². The van der Waals surface area contributed by atoms with Crippen LogP contribution < -0.4 is 0 Å². The van der Waals surface area contributed by atoms with E-state index in [4.69, 9.17) is 5.11 Å². The molecule has 0 radical (unpaired) electrons. The molecule has 1 aromatic heterocycles. The van der Waals surface area contributed by atoms with Crippen molar-refractivity contribution in [3.8, 4) is 0 Å². The zero-order chi connectivity index (χ0) is 14.5. The predicted octanol–water partition coefficient (Wildman–Crippen LogP) is 1.96. The molecule has 0 bridgehead atoms. The minimum absolute atomic E-state index is 0.157. The van der Waals surface area contributed by atoms with Gasteiger partial charge in [-0.2, -0.15) is 4.31 Å². The Morgan fingerprint density at radius 2 is 2.21 bits per heavy atom. The zero-order valence-electron chi connectivity index (χ0n) is 10.7. The molecule has 0 atom stereocenters. The molecule has 0 aliphatic heterocycles. The Kier molecular flexibility index (Phi) is 5.71. The van der Waals surface area contributed by atoms with Crippen LogP contribution in [0.4, 0.5) is 0 Å². The smallest absolute Gasteiger partial charge is 0.308 e. The van der Waals surface area contributed by atoms with Crippen molar-refractivity contribution in [2.75, 3.05) is 13.1 Å². The zero-order valence-corrected chi connectivity index (χ0v) is 12.3. The summed E-state index contributed by atoms with van der Waals surface area (Å²) in [5.41, 5.74) is 0. The Morgan fingerprint density at radius 1 is 1.53 bits per heavy atom. The molecule has 1 N–H and O–H groups in total. The molecule has 5 nitrogen and oxygen atoms in total. The van der Waals surface area contributed by atoms with Gasteiger partial charge in [0.05, 0.1) is 6.42 Å². The van der Waals surface area contributed by atoms with Gasteiger partial charge in [-0.25, -0.2) is 8.42 Å². The fourth-order valence-electron chi connectivity index (χ4n) is 1.57. The number of sulfonamides is 1. The van der Waals surface area contributed by atoms with Crippen molar-refractivity contribution in [1.29, 1.82) is 0 Å². The van der Waals surface area contributed by atoms with Gasteiger partial charge in [-0.15, -0.1) is 17.9 Å². The molecule has 106 valence electrons. The first-order chi connectivity index (χ1) is 8.91. The number of hydrogen-bond acceptors (Lipinski definition) is 4. The molecule has 0 spiro atoms. The second-order valence-electron chi connectivity index (χ2n) is 3.94. The van der Waals surface area contributed by atoms with Crippen molar-refractivity contribution < 1.29 is 18.3 Å². The summed E-state index contributed by atoms with van der Waals surface area (Å²) in [6, 6.07) is 3.01. The molecule has 0 amide bonds. The lowest BCUT2D eigenvalue weighted by molar-refractivity contribution is -0.136. The van der Waals surface area contributed by atoms with E-state index in [2.05, 4.69) is 6.58 Å². The van der Waals surface area contributed by atoms with Gasteiger partial charge in [0.2, 0.25) is 0 Å². The summed E-state index contributed by atoms with van der Waals surface area (Å²) in [5.74, 6) is -0.970. The molecule has 0 fully saturated rings. The third kappa shape index (κ3) is 4.15. The van der Waals surface area contributed by atoms with Crippen molar-refractivity contribution in [2.24, 2.45) is 0 Å². The second kappa shape index (κ2) is 6.83. The van der Waals surface area contributed by atoms with E-state index in [-0.39, 0.29) is 17.2 Å². The Labute approximate surface area is 117 Å². The first-order valence-electron chi connectivity index (χ1n) is 5.83. The lowest BCUT2D eigenvalue weighted by Crippen LogP contribution is -2.31. The largest absolute Gasteiger partial charge is 0.481 e. The van der Waals surface area contributed by atoms with Gasteiger partial charge < -0.3 is 5.11 Å². The van der Waals surface area contributed by atoms with Crippen LogP contribution in [-0.2, 0) is 21.2 Å². The maximum atomic E-state index is 12.4. The third-order valence-electron chi connectivity index (χ3n) is 2.36. The Balaban J connectivity index is 3.00.